The van der Waals surface area contributed by atoms with Gasteiger partial charge in [0.1, 0.15) is 0 Å². The second-order valence-corrected chi connectivity index (χ2v) is 37.5. The third kappa shape index (κ3) is 7.03. The molecule has 504 valence electrons. The summed E-state index contributed by atoms with van der Waals surface area (Å²) in [5.41, 5.74) is 0. The van der Waals surface area contributed by atoms with E-state index in [2.05, 4.69) is 181 Å². The summed E-state index contributed by atoms with van der Waals surface area (Å²) in [5.74, 6) is 0. The van der Waals surface area contributed by atoms with E-state index in [1.54, 1.807) is 68.0 Å². The predicted octanol–water partition coefficient (Wildman–Crippen LogP) is 33.7. The van der Waals surface area contributed by atoms with Crippen molar-refractivity contribution in [2.45, 2.75) is 0 Å². The summed E-state index contributed by atoms with van der Waals surface area (Å²) in [7, 11) is 0. The molecule has 18 heterocycles. The minimum absolute atomic E-state index is 1.15. The van der Waals surface area contributed by atoms with E-state index in [1.807, 2.05) is 106 Å². The van der Waals surface area contributed by atoms with Gasteiger partial charge in [-0.3, -0.25) is 0 Å². The highest BCUT2D eigenvalue weighted by Crippen LogP contribution is 2.59. The fourth-order valence-corrected chi connectivity index (χ4v) is 30.0. The lowest BCUT2D eigenvalue weighted by atomic mass is 9.84. The molecule has 0 saturated carbocycles. The number of aromatic amines is 3. The van der Waals surface area contributed by atoms with E-state index in [0.717, 1.165) is 32.3 Å². The van der Waals surface area contributed by atoms with Crippen molar-refractivity contribution in [3.05, 3.63) is 204 Å². The third-order valence-electron chi connectivity index (χ3n) is 24.1. The van der Waals surface area contributed by atoms with E-state index in [4.69, 9.17) is 13.3 Å². The lowest BCUT2D eigenvalue weighted by Gasteiger charge is -2.17. The predicted molar refractivity (Wildman–Crippen MR) is 486 cm³/mol. The summed E-state index contributed by atoms with van der Waals surface area (Å²) in [6.07, 6.45) is 24.6. The van der Waals surface area contributed by atoms with Gasteiger partial charge in [-0.1, -0.05) is 0 Å². The first-order valence-corrected chi connectivity index (χ1v) is 46.3. The van der Waals surface area contributed by atoms with Gasteiger partial charge in [0.15, 0.2) is 0 Å². The van der Waals surface area contributed by atoms with Gasteiger partial charge < -0.3 is 28.2 Å². The SMILES string of the molecule is c1[nH]cc2c1c1cscc1c1c2c2c3cscc3c3c[nH]cc3c2c2c3cscc3c3c[nH]cc3c12.c1occ2c1c1cscc1c1c2c2c3cscc3c3cocc3c2c2c3cscc3c3cocc3c12.c1scc2c1c1cscc1c1c2c2c3cscc3c3cscc3c2c2c3cscc3c3cscc3c12. The Balaban J connectivity index is 0.0000000873. The van der Waals surface area contributed by atoms with Gasteiger partial charge in [-0.2, -0.15) is 136 Å². The van der Waals surface area contributed by atoms with Gasteiger partial charge in [0.25, 0.3) is 0 Å². The summed E-state index contributed by atoms with van der Waals surface area (Å²) in [4.78, 5) is 10.4. The molecule has 12 aromatic carbocycles. The van der Waals surface area contributed by atoms with Crippen LogP contribution in [0.5, 0.6) is 0 Å². The average molecular weight is 1600 g/mol. The number of H-pyrrole nitrogens is 3. The van der Waals surface area contributed by atoms with Gasteiger partial charge in [-0.05, 0) is 129 Å². The number of fused-ring (bicyclic) bond motifs is 63. The molecule has 108 heavy (non-hydrogen) atoms. The maximum Gasteiger partial charge on any atom is 0.0988 e. The van der Waals surface area contributed by atoms with Gasteiger partial charge in [0.05, 0.1) is 37.6 Å². The molecule has 18 aromatic heterocycles. The van der Waals surface area contributed by atoms with Crippen molar-refractivity contribution in [3.8, 4) is 0 Å². The van der Waals surface area contributed by atoms with Crippen molar-refractivity contribution in [1.82, 2.24) is 15.0 Å². The van der Waals surface area contributed by atoms with Crippen LogP contribution in [-0.2, 0) is 0 Å². The smallest absolute Gasteiger partial charge is 0.0988 e. The molecule has 0 bridgehead atoms. The number of benzene rings is 12. The highest BCUT2D eigenvalue weighted by Gasteiger charge is 2.30. The molecule has 0 radical (unpaired) electrons. The van der Waals surface area contributed by atoms with Crippen LogP contribution in [0.4, 0.5) is 0 Å². The molecule has 0 aliphatic heterocycles. The number of rotatable bonds is 0. The Kier molecular flexibility index (Phi) is 11.4. The summed E-state index contributed by atoms with van der Waals surface area (Å²) < 4.78 is 17.6. The van der Waals surface area contributed by atoms with E-state index >= 15 is 0 Å². The monoisotopic (exact) mass is 1590 g/mol. The van der Waals surface area contributed by atoms with Crippen molar-refractivity contribution in [2.24, 2.45) is 0 Å². The Morgan fingerprint density at radius 1 is 0.120 bits per heavy atom. The van der Waals surface area contributed by atoms with Gasteiger partial charge in [0, 0.05) is 328 Å². The Morgan fingerprint density at radius 2 is 0.241 bits per heavy atom. The van der Waals surface area contributed by atoms with E-state index in [9.17, 15) is 0 Å². The zero-order valence-corrected chi connectivity index (χ0v) is 65.2. The van der Waals surface area contributed by atoms with Gasteiger partial charge in [0.2, 0.25) is 0 Å². The average Bonchev–Trinajstić information content (AvgIpc) is 1.34. The first-order chi connectivity index (χ1) is 53.7. The number of aromatic nitrogens is 3. The highest BCUT2D eigenvalue weighted by molar-refractivity contribution is 7.14. The lowest BCUT2D eigenvalue weighted by Crippen LogP contribution is -1.89. The van der Waals surface area contributed by atoms with E-state index < -0.39 is 0 Å². The Labute approximate surface area is 652 Å². The number of furan rings is 3. The van der Waals surface area contributed by atoms with E-state index in [-0.39, 0.29) is 0 Å². The number of nitrogens with one attached hydrogen (secondary N) is 3. The molecular weight excluding hydrogens is 1560 g/mol. The second kappa shape index (κ2) is 20.9. The molecule has 0 aliphatic carbocycles. The maximum absolute atomic E-state index is 5.88. The van der Waals surface area contributed by atoms with Crippen molar-refractivity contribution in [2.75, 3.05) is 0 Å². The lowest BCUT2D eigenvalue weighted by molar-refractivity contribution is 0.572. The maximum atomic E-state index is 5.88. The topological polar surface area (TPSA) is 86.8 Å². The number of thiophene rings is 12. The van der Waals surface area contributed by atoms with Crippen LogP contribution in [0.1, 0.15) is 0 Å². The second-order valence-electron chi connectivity index (χ2n) is 28.6. The Hall–Kier alpha value is -10.3. The quantitative estimate of drug-likeness (QED) is 0.132. The molecule has 18 heteroatoms. The van der Waals surface area contributed by atoms with Gasteiger partial charge in [-0.15, -0.1) is 0 Å². The van der Waals surface area contributed by atoms with Gasteiger partial charge >= 0.3 is 0 Å². The molecule has 0 spiro atoms. The molecule has 3 N–H and O–H groups in total. The molecule has 30 rings (SSSR count). The molecule has 0 atom stereocenters. The largest absolute Gasteiger partial charge is 0.471 e. The molecule has 0 fully saturated rings. The molecule has 0 unspecified atom stereocenters. The number of hydrogen-bond acceptors (Lipinski definition) is 15. The minimum Gasteiger partial charge on any atom is -0.471 e. The molecule has 6 nitrogen and oxygen atoms in total. The Bertz CT molecular complexity index is 7010. The zero-order valence-electron chi connectivity index (χ0n) is 55.4. The van der Waals surface area contributed by atoms with Crippen LogP contribution in [0.2, 0.25) is 0 Å². The fraction of sp³-hybridized carbons (Fsp3) is 0. The molecule has 0 amide bonds. The number of hydrogen-bond donors (Lipinski definition) is 3. The van der Waals surface area contributed by atoms with E-state index in [0.29, 0.717) is 0 Å². The summed E-state index contributed by atoms with van der Waals surface area (Å²) >= 11 is 21.6. The zero-order chi connectivity index (χ0) is 69.4. The highest BCUT2D eigenvalue weighted by atomic mass is 32.1. The molecule has 30 aromatic rings. The van der Waals surface area contributed by atoms with Crippen molar-refractivity contribution < 1.29 is 13.3 Å². The minimum atomic E-state index is 1.15. The standard InChI is InChI=1S/C30H15N3S3.C30H12O3S3.C30H12S6/c2*1-13-16(4-31-1)25-28(22-10-34-7-19(13)22)26-17-5-32-2-14(17)21-9-36-12-24(21)30(26)27-18-6-33-3-15(18)20-8-35-11-23(20)29(25)27;1-13-14-2-32-8-20(14)26-25(19(13)7-31-1)27-21-9-33-3-15(21)16-4-35-11-23(16)29(27)30-24-12-36-6-18(24)17-5-34-10-22(17)28(26)30/h1-12,31-33H;2*1-12H. The van der Waals surface area contributed by atoms with Crippen LogP contribution in [0, 0.1) is 0 Å². The first-order valence-electron chi connectivity index (χ1n) is 34.9. The van der Waals surface area contributed by atoms with Gasteiger partial charge in [-0.25, -0.2) is 0 Å². The van der Waals surface area contributed by atoms with Crippen LogP contribution in [-0.4, -0.2) is 15.0 Å². The van der Waals surface area contributed by atoms with Crippen LogP contribution in [0.15, 0.2) is 217 Å². The van der Waals surface area contributed by atoms with E-state index in [1.165, 1.54) is 259 Å². The van der Waals surface area contributed by atoms with Crippen molar-refractivity contribution in [1.29, 1.82) is 0 Å². The normalized spacial score (nSPS) is 13.0. The summed E-state index contributed by atoms with van der Waals surface area (Å²) in [5, 5.41) is 128. The van der Waals surface area contributed by atoms with Crippen LogP contribution in [0.3, 0.4) is 0 Å². The molecule has 0 saturated heterocycles. The Morgan fingerprint density at radius 3 is 0.426 bits per heavy atom. The third-order valence-corrected chi connectivity index (χ3v) is 33.0. The van der Waals surface area contributed by atoms with Crippen LogP contribution >= 0.6 is 136 Å². The van der Waals surface area contributed by atoms with Crippen molar-refractivity contribution >= 4 is 427 Å². The van der Waals surface area contributed by atoms with Crippen LogP contribution in [0.25, 0.3) is 291 Å². The summed E-state index contributed by atoms with van der Waals surface area (Å²) in [6, 6.07) is 0. The summed E-state index contributed by atoms with van der Waals surface area (Å²) in [6.45, 7) is 0. The first kappa shape index (κ1) is 58.8. The molecular formula is C90H39N3O3S12. The molecule has 0 aliphatic rings. The van der Waals surface area contributed by atoms with Crippen LogP contribution < -0.4 is 0 Å². The fourth-order valence-electron chi connectivity index (χ4n) is 20.0. The van der Waals surface area contributed by atoms with Crippen molar-refractivity contribution in [3.63, 3.8) is 0 Å².